The molecule has 0 spiro atoms. The molecule has 194 valence electrons. The molecule has 0 bridgehead atoms. The molecule has 1 atom stereocenters. The van der Waals surface area contributed by atoms with Crippen molar-refractivity contribution < 1.29 is 19.0 Å². The molecule has 4 heteroatoms. The van der Waals surface area contributed by atoms with Crippen LogP contribution in [0, 0.1) is 5.82 Å². The summed E-state index contributed by atoms with van der Waals surface area (Å²) in [5, 5.41) is 9.65. The van der Waals surface area contributed by atoms with Gasteiger partial charge in [-0.25, -0.2) is 4.39 Å². The van der Waals surface area contributed by atoms with Gasteiger partial charge in [0.1, 0.15) is 11.6 Å². The largest absolute Gasteiger partial charge is 0.494 e. The summed E-state index contributed by atoms with van der Waals surface area (Å²) < 4.78 is 20.8. The third-order valence-electron chi connectivity index (χ3n) is 6.72. The monoisotopic (exact) mass is 484 g/mol. The van der Waals surface area contributed by atoms with Crippen LogP contribution in [0.5, 0.6) is 5.75 Å². The molecule has 2 aromatic carbocycles. The van der Waals surface area contributed by atoms with Crippen LogP contribution in [0.4, 0.5) is 4.39 Å². The van der Waals surface area contributed by atoms with Crippen LogP contribution in [0.1, 0.15) is 115 Å². The van der Waals surface area contributed by atoms with Gasteiger partial charge in [0.15, 0.2) is 0 Å². The number of halogens is 1. The predicted octanol–water partition coefficient (Wildman–Crippen LogP) is 9.54. The van der Waals surface area contributed by atoms with Crippen molar-refractivity contribution >= 4 is 5.97 Å². The summed E-state index contributed by atoms with van der Waals surface area (Å²) in [7, 11) is 0. The molecule has 0 heterocycles. The number of unbranched alkanes of at least 4 members (excludes halogenated alkanes) is 11. The van der Waals surface area contributed by atoms with Gasteiger partial charge in [0.05, 0.1) is 12.5 Å². The summed E-state index contributed by atoms with van der Waals surface area (Å²) in [6.45, 7) is 5.11. The molecule has 0 aliphatic rings. The second-order valence-corrected chi connectivity index (χ2v) is 9.68. The maximum atomic E-state index is 14.9. The molecule has 0 radical (unpaired) electrons. The van der Waals surface area contributed by atoms with Crippen molar-refractivity contribution in [3.05, 3.63) is 53.8 Å². The summed E-state index contributed by atoms with van der Waals surface area (Å²) >= 11 is 0. The molecule has 0 fully saturated rings. The van der Waals surface area contributed by atoms with E-state index < -0.39 is 17.7 Å². The van der Waals surface area contributed by atoms with E-state index in [4.69, 9.17) is 4.74 Å². The standard InChI is InChI=1S/C31H45FO3/c1-3-5-7-9-10-11-13-15-23-35-27-20-17-25(18-21-27)26-19-22-28(30(32)24-26)29(31(33)34)16-14-12-8-6-4-2/h17-22,24,29H,3-16,23H2,1-2H3,(H,33,34). The second kappa shape index (κ2) is 17.1. The topological polar surface area (TPSA) is 46.5 Å². The Kier molecular flexibility index (Phi) is 14.1. The molecule has 3 nitrogen and oxygen atoms in total. The first-order valence-corrected chi connectivity index (χ1v) is 13.8. The van der Waals surface area contributed by atoms with E-state index in [2.05, 4.69) is 13.8 Å². The van der Waals surface area contributed by atoms with Crippen LogP contribution < -0.4 is 4.74 Å². The Bertz CT molecular complexity index is 847. The van der Waals surface area contributed by atoms with Gasteiger partial charge in [0, 0.05) is 5.56 Å². The maximum Gasteiger partial charge on any atom is 0.311 e. The summed E-state index contributed by atoms with van der Waals surface area (Å²) in [6, 6.07) is 12.6. The number of rotatable bonds is 19. The fourth-order valence-corrected chi connectivity index (χ4v) is 4.52. The average molecular weight is 485 g/mol. The van der Waals surface area contributed by atoms with Crippen LogP contribution >= 0.6 is 0 Å². The first-order chi connectivity index (χ1) is 17.1. The molecule has 2 aromatic rings. The average Bonchev–Trinajstić information content (AvgIpc) is 2.86. The molecular weight excluding hydrogens is 439 g/mol. The molecule has 1 unspecified atom stereocenters. The zero-order valence-corrected chi connectivity index (χ0v) is 21.9. The number of aliphatic carboxylic acids is 1. The fraction of sp³-hybridized carbons (Fsp3) is 0.581. The normalized spacial score (nSPS) is 12.0. The van der Waals surface area contributed by atoms with Crippen LogP contribution in [0.2, 0.25) is 0 Å². The van der Waals surface area contributed by atoms with Crippen LogP contribution in [0.25, 0.3) is 11.1 Å². The summed E-state index contributed by atoms with van der Waals surface area (Å²) in [6.07, 6.45) is 15.8. The van der Waals surface area contributed by atoms with Crippen LogP contribution in [-0.2, 0) is 4.79 Å². The number of carboxylic acids is 1. The van der Waals surface area contributed by atoms with Gasteiger partial charge in [-0.1, -0.05) is 115 Å². The van der Waals surface area contributed by atoms with Crippen molar-refractivity contribution in [2.75, 3.05) is 6.61 Å². The van der Waals surface area contributed by atoms with Crippen molar-refractivity contribution in [1.82, 2.24) is 0 Å². The minimum Gasteiger partial charge on any atom is -0.494 e. The van der Waals surface area contributed by atoms with Gasteiger partial charge >= 0.3 is 5.97 Å². The maximum absolute atomic E-state index is 14.9. The quantitative estimate of drug-likeness (QED) is 0.202. The zero-order chi connectivity index (χ0) is 25.3. The lowest BCUT2D eigenvalue weighted by atomic mass is 9.91. The van der Waals surface area contributed by atoms with Gasteiger partial charge < -0.3 is 9.84 Å². The van der Waals surface area contributed by atoms with E-state index in [9.17, 15) is 14.3 Å². The van der Waals surface area contributed by atoms with Gasteiger partial charge in [-0.2, -0.15) is 0 Å². The first kappa shape index (κ1) is 28.9. The highest BCUT2D eigenvalue weighted by molar-refractivity contribution is 5.76. The number of carboxylic acid groups (broad SMARTS) is 1. The van der Waals surface area contributed by atoms with Crippen LogP contribution in [0.3, 0.4) is 0 Å². The van der Waals surface area contributed by atoms with Crippen molar-refractivity contribution in [2.45, 2.75) is 110 Å². The van der Waals surface area contributed by atoms with Crippen molar-refractivity contribution in [1.29, 1.82) is 0 Å². The van der Waals surface area contributed by atoms with E-state index >= 15 is 0 Å². The van der Waals surface area contributed by atoms with Gasteiger partial charge in [0.2, 0.25) is 0 Å². The second-order valence-electron chi connectivity index (χ2n) is 9.68. The van der Waals surface area contributed by atoms with Crippen LogP contribution in [0.15, 0.2) is 42.5 Å². The molecule has 0 saturated heterocycles. The smallest absolute Gasteiger partial charge is 0.311 e. The highest BCUT2D eigenvalue weighted by atomic mass is 19.1. The minimum absolute atomic E-state index is 0.280. The molecule has 1 N–H and O–H groups in total. The zero-order valence-electron chi connectivity index (χ0n) is 21.9. The lowest BCUT2D eigenvalue weighted by Gasteiger charge is -2.15. The molecule has 0 saturated carbocycles. The van der Waals surface area contributed by atoms with Crippen molar-refractivity contribution in [3.8, 4) is 16.9 Å². The Hall–Kier alpha value is -2.36. The number of carbonyl (C=O) groups is 1. The van der Waals surface area contributed by atoms with E-state index in [1.54, 1.807) is 6.07 Å². The summed E-state index contributed by atoms with van der Waals surface area (Å²) in [5.41, 5.74) is 1.91. The summed E-state index contributed by atoms with van der Waals surface area (Å²) in [4.78, 5) is 11.8. The minimum atomic E-state index is -0.954. The number of benzene rings is 2. The summed E-state index contributed by atoms with van der Waals surface area (Å²) in [5.74, 6) is -1.37. The molecular formula is C31H45FO3. The lowest BCUT2D eigenvalue weighted by Crippen LogP contribution is -2.13. The Morgan fingerprint density at radius 2 is 1.31 bits per heavy atom. The number of ether oxygens (including phenoxy) is 1. The van der Waals surface area contributed by atoms with Gasteiger partial charge in [0.25, 0.3) is 0 Å². The Balaban J connectivity index is 1.83. The Morgan fingerprint density at radius 1 is 0.771 bits per heavy atom. The predicted molar refractivity (Wildman–Crippen MR) is 144 cm³/mol. The van der Waals surface area contributed by atoms with E-state index in [-0.39, 0.29) is 5.56 Å². The number of hydrogen-bond acceptors (Lipinski definition) is 2. The molecule has 0 amide bonds. The van der Waals surface area contributed by atoms with E-state index in [0.29, 0.717) is 13.0 Å². The van der Waals surface area contributed by atoms with Crippen molar-refractivity contribution in [3.63, 3.8) is 0 Å². The van der Waals surface area contributed by atoms with E-state index in [0.717, 1.165) is 55.4 Å². The molecule has 0 aromatic heterocycles. The Labute approximate surface area is 212 Å². The highest BCUT2D eigenvalue weighted by Gasteiger charge is 2.23. The Morgan fingerprint density at radius 3 is 1.89 bits per heavy atom. The van der Waals surface area contributed by atoms with E-state index in [1.165, 1.54) is 51.0 Å². The molecule has 35 heavy (non-hydrogen) atoms. The van der Waals surface area contributed by atoms with Gasteiger partial charge in [-0.3, -0.25) is 4.79 Å². The van der Waals surface area contributed by atoms with Crippen LogP contribution in [-0.4, -0.2) is 17.7 Å². The molecule has 0 aliphatic carbocycles. The highest BCUT2D eigenvalue weighted by Crippen LogP contribution is 2.30. The van der Waals surface area contributed by atoms with Gasteiger partial charge in [-0.15, -0.1) is 0 Å². The lowest BCUT2D eigenvalue weighted by molar-refractivity contribution is -0.139. The van der Waals surface area contributed by atoms with Gasteiger partial charge in [-0.05, 0) is 42.2 Å². The molecule has 0 aliphatic heterocycles. The van der Waals surface area contributed by atoms with E-state index in [1.807, 2.05) is 30.3 Å². The SMILES string of the molecule is CCCCCCCCCCOc1ccc(-c2ccc(C(CCCCCCC)C(=O)O)c(F)c2)cc1. The molecule has 2 rings (SSSR count). The number of hydrogen-bond donors (Lipinski definition) is 1. The third-order valence-corrected chi connectivity index (χ3v) is 6.72. The third kappa shape index (κ3) is 10.8. The first-order valence-electron chi connectivity index (χ1n) is 13.8. The fourth-order valence-electron chi connectivity index (χ4n) is 4.52. The van der Waals surface area contributed by atoms with Crippen molar-refractivity contribution in [2.24, 2.45) is 0 Å².